The fraction of sp³-hybridized carbons (Fsp3) is 0.182. The molecule has 0 saturated carbocycles. The number of rotatable bonds is 7. The van der Waals surface area contributed by atoms with Crippen molar-refractivity contribution in [2.45, 2.75) is 13.8 Å². The Labute approximate surface area is 177 Å². The number of carboxylic acid groups (broad SMARTS) is 1. The Bertz CT molecular complexity index is 1070. The van der Waals surface area contributed by atoms with Crippen molar-refractivity contribution in [3.8, 4) is 11.5 Å². The van der Waals surface area contributed by atoms with Gasteiger partial charge in [0, 0.05) is 6.07 Å². The largest absolute Gasteiger partial charge is 0.494 e. The highest BCUT2D eigenvalue weighted by molar-refractivity contribution is 6.39. The van der Waals surface area contributed by atoms with Gasteiger partial charge in [-0.2, -0.15) is 0 Å². The van der Waals surface area contributed by atoms with Crippen molar-refractivity contribution in [2.75, 3.05) is 18.1 Å². The van der Waals surface area contributed by atoms with Gasteiger partial charge in [0.25, 0.3) is 11.8 Å². The van der Waals surface area contributed by atoms with E-state index in [1.54, 1.807) is 26.0 Å². The number of benzene rings is 2. The summed E-state index contributed by atoms with van der Waals surface area (Å²) in [4.78, 5) is 49.8. The zero-order valence-electron chi connectivity index (χ0n) is 16.9. The molecule has 1 aliphatic heterocycles. The van der Waals surface area contributed by atoms with E-state index in [1.165, 1.54) is 36.4 Å². The summed E-state index contributed by atoms with van der Waals surface area (Å²) in [5.41, 5.74) is 0.334. The maximum Gasteiger partial charge on any atom is 0.336 e. The number of carbonyl (C=O) groups excluding carboxylic acids is 3. The molecule has 160 valence electrons. The summed E-state index contributed by atoms with van der Waals surface area (Å²) in [6.07, 6.45) is 1.29. The number of carboxylic acids is 1. The van der Waals surface area contributed by atoms with Gasteiger partial charge in [0.1, 0.15) is 17.1 Å². The number of carbonyl (C=O) groups is 4. The molecule has 31 heavy (non-hydrogen) atoms. The molecular weight excluding hydrogens is 404 g/mol. The monoisotopic (exact) mass is 424 g/mol. The number of anilines is 1. The lowest BCUT2D eigenvalue weighted by Crippen LogP contribution is -2.54. The molecule has 0 bridgehead atoms. The molecule has 2 N–H and O–H groups in total. The molecule has 0 spiro atoms. The third-order valence-corrected chi connectivity index (χ3v) is 4.35. The number of nitrogens with one attached hydrogen (secondary N) is 1. The van der Waals surface area contributed by atoms with Crippen molar-refractivity contribution in [3.05, 3.63) is 59.2 Å². The molecule has 1 saturated heterocycles. The number of imide groups is 2. The molecule has 1 fully saturated rings. The SMILES string of the molecule is CCOc1ccc(OCC)c(N2C(=O)NC(=O)/C(=C\c3ccc(C(=O)O)cc3)C2=O)c1. The van der Waals surface area contributed by atoms with Crippen molar-refractivity contribution in [1.82, 2.24) is 5.32 Å². The van der Waals surface area contributed by atoms with Gasteiger partial charge >= 0.3 is 12.0 Å². The van der Waals surface area contributed by atoms with E-state index in [-0.39, 0.29) is 22.6 Å². The number of nitrogens with zero attached hydrogens (tertiary/aromatic N) is 1. The van der Waals surface area contributed by atoms with Crippen LogP contribution >= 0.6 is 0 Å². The van der Waals surface area contributed by atoms with Gasteiger partial charge in [-0.15, -0.1) is 0 Å². The standard InChI is InChI=1S/C22H20N2O7/c1-3-30-15-9-10-18(31-4-2)17(12-15)24-20(26)16(19(25)23-22(24)29)11-13-5-7-14(8-6-13)21(27)28/h5-12H,3-4H2,1-2H3,(H,27,28)(H,23,25,29)/b16-11+. The Balaban J connectivity index is 2.03. The molecule has 0 unspecified atom stereocenters. The average Bonchev–Trinajstić information content (AvgIpc) is 2.73. The topological polar surface area (TPSA) is 122 Å². The van der Waals surface area contributed by atoms with Crippen molar-refractivity contribution in [3.63, 3.8) is 0 Å². The molecule has 9 heteroatoms. The predicted molar refractivity (Wildman–Crippen MR) is 111 cm³/mol. The minimum Gasteiger partial charge on any atom is -0.494 e. The normalized spacial score (nSPS) is 15.1. The zero-order valence-corrected chi connectivity index (χ0v) is 16.9. The van der Waals surface area contributed by atoms with E-state index in [0.717, 1.165) is 4.90 Å². The fourth-order valence-corrected chi connectivity index (χ4v) is 2.97. The van der Waals surface area contributed by atoms with Crippen LogP contribution in [0.4, 0.5) is 10.5 Å². The molecule has 1 heterocycles. The zero-order chi connectivity index (χ0) is 22.5. The van der Waals surface area contributed by atoms with Crippen LogP contribution in [-0.4, -0.2) is 42.1 Å². The lowest BCUT2D eigenvalue weighted by Gasteiger charge is -2.28. The minimum absolute atomic E-state index is 0.0625. The van der Waals surface area contributed by atoms with Gasteiger partial charge in [0.15, 0.2) is 0 Å². The first-order chi connectivity index (χ1) is 14.8. The second kappa shape index (κ2) is 9.12. The molecule has 0 atom stereocenters. The van der Waals surface area contributed by atoms with E-state index in [2.05, 4.69) is 5.32 Å². The average molecular weight is 424 g/mol. The summed E-state index contributed by atoms with van der Waals surface area (Å²) in [6, 6.07) is 9.41. The Morgan fingerprint density at radius 2 is 1.71 bits per heavy atom. The number of hydrogen-bond acceptors (Lipinski definition) is 6. The lowest BCUT2D eigenvalue weighted by atomic mass is 10.1. The summed E-state index contributed by atoms with van der Waals surface area (Å²) in [6.45, 7) is 4.23. The van der Waals surface area contributed by atoms with E-state index in [4.69, 9.17) is 14.6 Å². The van der Waals surface area contributed by atoms with E-state index in [1.807, 2.05) is 0 Å². The molecule has 1 aliphatic rings. The van der Waals surface area contributed by atoms with Crippen LogP contribution in [0.25, 0.3) is 6.08 Å². The van der Waals surface area contributed by atoms with Gasteiger partial charge in [0.05, 0.1) is 24.5 Å². The van der Waals surface area contributed by atoms with Gasteiger partial charge in [-0.05, 0) is 49.8 Å². The van der Waals surface area contributed by atoms with Crippen LogP contribution in [-0.2, 0) is 9.59 Å². The Morgan fingerprint density at radius 3 is 2.32 bits per heavy atom. The summed E-state index contributed by atoms with van der Waals surface area (Å²) in [5, 5.41) is 11.1. The summed E-state index contributed by atoms with van der Waals surface area (Å²) in [7, 11) is 0. The van der Waals surface area contributed by atoms with Crippen LogP contribution in [0.5, 0.6) is 11.5 Å². The first-order valence-corrected chi connectivity index (χ1v) is 9.50. The molecule has 2 aromatic carbocycles. The third-order valence-electron chi connectivity index (χ3n) is 4.35. The lowest BCUT2D eigenvalue weighted by molar-refractivity contribution is -0.122. The van der Waals surface area contributed by atoms with Crippen LogP contribution in [0.3, 0.4) is 0 Å². The van der Waals surface area contributed by atoms with E-state index in [9.17, 15) is 19.2 Å². The van der Waals surface area contributed by atoms with Crippen molar-refractivity contribution < 1.29 is 33.8 Å². The maximum atomic E-state index is 13.1. The number of aromatic carboxylic acids is 1. The van der Waals surface area contributed by atoms with E-state index < -0.39 is 23.8 Å². The Morgan fingerprint density at radius 1 is 1.03 bits per heavy atom. The van der Waals surface area contributed by atoms with Crippen LogP contribution in [0.1, 0.15) is 29.8 Å². The molecule has 2 aromatic rings. The third kappa shape index (κ3) is 4.55. The van der Waals surface area contributed by atoms with Gasteiger partial charge in [0.2, 0.25) is 0 Å². The van der Waals surface area contributed by atoms with Gasteiger partial charge in [-0.25, -0.2) is 14.5 Å². The number of amides is 4. The van der Waals surface area contributed by atoms with Crippen molar-refractivity contribution in [1.29, 1.82) is 0 Å². The first-order valence-electron chi connectivity index (χ1n) is 9.50. The van der Waals surface area contributed by atoms with Crippen molar-refractivity contribution >= 4 is 35.6 Å². The highest BCUT2D eigenvalue weighted by Crippen LogP contribution is 2.35. The number of barbiturate groups is 1. The summed E-state index contributed by atoms with van der Waals surface area (Å²) in [5.74, 6) is -2.10. The number of hydrogen-bond donors (Lipinski definition) is 2. The molecular formula is C22H20N2O7. The number of urea groups is 1. The fourth-order valence-electron chi connectivity index (χ4n) is 2.97. The molecule has 0 aliphatic carbocycles. The highest BCUT2D eigenvalue weighted by Gasteiger charge is 2.38. The van der Waals surface area contributed by atoms with Crippen LogP contribution in [0.15, 0.2) is 48.0 Å². The molecule has 3 rings (SSSR count). The Hall–Kier alpha value is -4.14. The first kappa shape index (κ1) is 21.6. The number of ether oxygens (including phenoxy) is 2. The smallest absolute Gasteiger partial charge is 0.336 e. The molecule has 0 aromatic heterocycles. The summed E-state index contributed by atoms with van der Waals surface area (Å²) >= 11 is 0. The van der Waals surface area contributed by atoms with Crippen LogP contribution < -0.4 is 19.7 Å². The molecule has 4 amide bonds. The minimum atomic E-state index is -1.10. The highest BCUT2D eigenvalue weighted by atomic mass is 16.5. The van der Waals surface area contributed by atoms with Crippen LogP contribution in [0.2, 0.25) is 0 Å². The Kier molecular flexibility index (Phi) is 6.35. The van der Waals surface area contributed by atoms with Gasteiger partial charge in [-0.1, -0.05) is 12.1 Å². The van der Waals surface area contributed by atoms with Gasteiger partial charge < -0.3 is 14.6 Å². The second-order valence-electron chi connectivity index (χ2n) is 6.38. The second-order valence-corrected chi connectivity index (χ2v) is 6.38. The summed E-state index contributed by atoms with van der Waals surface area (Å²) < 4.78 is 11.0. The predicted octanol–water partition coefficient (Wildman–Crippen LogP) is 2.85. The van der Waals surface area contributed by atoms with E-state index >= 15 is 0 Å². The quantitative estimate of drug-likeness (QED) is 0.518. The molecule has 0 radical (unpaired) electrons. The van der Waals surface area contributed by atoms with E-state index in [0.29, 0.717) is 24.5 Å². The van der Waals surface area contributed by atoms with Crippen molar-refractivity contribution in [2.24, 2.45) is 0 Å². The van der Waals surface area contributed by atoms with Gasteiger partial charge in [-0.3, -0.25) is 14.9 Å². The molecule has 9 nitrogen and oxygen atoms in total. The maximum absolute atomic E-state index is 13.1. The van der Waals surface area contributed by atoms with Crippen LogP contribution in [0, 0.1) is 0 Å².